The molecule has 4 rings (SSSR count). The van der Waals surface area contributed by atoms with Gasteiger partial charge in [0.1, 0.15) is 11.5 Å². The SMILES string of the molecule is CNC(=O)Nc1cc(Oc2ccc3c(c2)C[C@@H](NC[C@H](O)c2cccc(Cl)c2)CC3)cc(C(=O)O)c1. The number of carbonyl (C=O) groups is 2. The summed E-state index contributed by atoms with van der Waals surface area (Å²) in [5.41, 5.74) is 3.45. The summed E-state index contributed by atoms with van der Waals surface area (Å²) in [6.45, 7) is 0.416. The number of halogens is 1. The molecule has 1 aliphatic carbocycles. The number of urea groups is 1. The van der Waals surface area contributed by atoms with Crippen molar-refractivity contribution in [2.75, 3.05) is 18.9 Å². The molecule has 0 fully saturated rings. The largest absolute Gasteiger partial charge is 0.478 e. The number of aliphatic hydroxyl groups is 1. The topological polar surface area (TPSA) is 120 Å². The minimum absolute atomic E-state index is 0.000566. The highest BCUT2D eigenvalue weighted by atomic mass is 35.5. The van der Waals surface area contributed by atoms with E-state index in [2.05, 4.69) is 16.0 Å². The minimum atomic E-state index is -1.13. The molecule has 3 aromatic carbocycles. The normalized spacial score (nSPS) is 15.5. The van der Waals surface area contributed by atoms with Crippen LogP contribution in [0.2, 0.25) is 5.02 Å². The van der Waals surface area contributed by atoms with Gasteiger partial charge in [-0.3, -0.25) is 0 Å². The molecule has 3 aromatic rings. The van der Waals surface area contributed by atoms with Gasteiger partial charge in [-0.05, 0) is 72.4 Å². The molecule has 36 heavy (non-hydrogen) atoms. The van der Waals surface area contributed by atoms with E-state index in [0.29, 0.717) is 28.8 Å². The Kier molecular flexibility index (Phi) is 8.10. The molecule has 0 bridgehead atoms. The molecule has 1 aliphatic rings. The molecule has 5 N–H and O–H groups in total. The smallest absolute Gasteiger partial charge is 0.335 e. The maximum atomic E-state index is 11.7. The maximum absolute atomic E-state index is 11.7. The number of nitrogens with one attached hydrogen (secondary N) is 3. The number of ether oxygens (including phenoxy) is 1. The zero-order chi connectivity index (χ0) is 25.7. The van der Waals surface area contributed by atoms with Gasteiger partial charge in [-0.15, -0.1) is 0 Å². The Labute approximate surface area is 214 Å². The zero-order valence-electron chi connectivity index (χ0n) is 19.8. The van der Waals surface area contributed by atoms with Crippen molar-refractivity contribution in [3.8, 4) is 11.5 Å². The monoisotopic (exact) mass is 509 g/mol. The Balaban J connectivity index is 1.44. The Morgan fingerprint density at radius 3 is 2.67 bits per heavy atom. The number of rotatable bonds is 8. The van der Waals surface area contributed by atoms with Gasteiger partial charge in [0.25, 0.3) is 0 Å². The molecule has 0 aromatic heterocycles. The Morgan fingerprint density at radius 1 is 1.08 bits per heavy atom. The van der Waals surface area contributed by atoms with E-state index in [4.69, 9.17) is 16.3 Å². The highest BCUT2D eigenvalue weighted by molar-refractivity contribution is 6.30. The van der Waals surface area contributed by atoms with Gasteiger partial charge in [0.15, 0.2) is 0 Å². The van der Waals surface area contributed by atoms with Crippen LogP contribution in [0.15, 0.2) is 60.7 Å². The first-order valence-corrected chi connectivity index (χ1v) is 12.0. The predicted octanol–water partition coefficient (Wildman–Crippen LogP) is 4.76. The predicted molar refractivity (Wildman–Crippen MR) is 138 cm³/mol. The first kappa shape index (κ1) is 25.5. The maximum Gasteiger partial charge on any atom is 0.335 e. The van der Waals surface area contributed by atoms with Crippen LogP contribution in [0, 0.1) is 0 Å². The van der Waals surface area contributed by atoms with Gasteiger partial charge in [0.2, 0.25) is 0 Å². The number of carboxylic acid groups (broad SMARTS) is 1. The Bertz CT molecular complexity index is 1270. The lowest BCUT2D eigenvalue weighted by Gasteiger charge is -2.27. The number of carbonyl (C=O) groups excluding carboxylic acids is 1. The van der Waals surface area contributed by atoms with Crippen molar-refractivity contribution in [3.05, 3.63) is 87.9 Å². The highest BCUT2D eigenvalue weighted by Crippen LogP contribution is 2.31. The van der Waals surface area contributed by atoms with Gasteiger partial charge < -0.3 is 30.9 Å². The number of hydrogen-bond donors (Lipinski definition) is 5. The van der Waals surface area contributed by atoms with Crippen molar-refractivity contribution in [3.63, 3.8) is 0 Å². The fraction of sp³-hybridized carbons (Fsp3) is 0.259. The fourth-order valence-corrected chi connectivity index (χ4v) is 4.46. The number of aromatic carboxylic acids is 1. The van der Waals surface area contributed by atoms with Crippen LogP contribution < -0.4 is 20.7 Å². The number of fused-ring (bicyclic) bond motifs is 1. The summed E-state index contributed by atoms with van der Waals surface area (Å²) in [5.74, 6) is -0.252. The second-order valence-electron chi connectivity index (χ2n) is 8.71. The number of benzene rings is 3. The quantitative estimate of drug-likeness (QED) is 0.298. The third-order valence-electron chi connectivity index (χ3n) is 6.11. The molecule has 2 atom stereocenters. The van der Waals surface area contributed by atoms with Gasteiger partial charge in [-0.2, -0.15) is 0 Å². The third-order valence-corrected chi connectivity index (χ3v) is 6.35. The van der Waals surface area contributed by atoms with Crippen LogP contribution in [0.5, 0.6) is 11.5 Å². The van der Waals surface area contributed by atoms with E-state index in [1.54, 1.807) is 18.2 Å². The van der Waals surface area contributed by atoms with Gasteiger partial charge in [-0.1, -0.05) is 29.8 Å². The summed E-state index contributed by atoms with van der Waals surface area (Å²) in [5, 5.41) is 29.0. The second-order valence-corrected chi connectivity index (χ2v) is 9.14. The standard InChI is InChI=1S/C27H28ClN3O5/c1-29-27(35)31-22-11-19(26(33)34)13-24(14-22)36-23-8-6-16-5-7-21(10-18(16)12-23)30-15-25(32)17-3-2-4-20(28)9-17/h2-4,6,8-9,11-14,21,25,30,32H,5,7,10,15H2,1H3,(H,33,34)(H2,29,31,35)/t21-,25-/m0/s1. The number of aliphatic hydroxyl groups excluding tert-OH is 1. The number of anilines is 1. The van der Waals surface area contributed by atoms with Crippen molar-refractivity contribution in [2.24, 2.45) is 0 Å². The Morgan fingerprint density at radius 2 is 1.92 bits per heavy atom. The highest BCUT2D eigenvalue weighted by Gasteiger charge is 2.20. The van der Waals surface area contributed by atoms with Crippen molar-refractivity contribution >= 4 is 29.3 Å². The summed E-state index contributed by atoms with van der Waals surface area (Å²) >= 11 is 6.03. The lowest BCUT2D eigenvalue weighted by molar-refractivity contribution is 0.0696. The van der Waals surface area contributed by atoms with Gasteiger partial charge in [-0.25, -0.2) is 9.59 Å². The van der Waals surface area contributed by atoms with Crippen molar-refractivity contribution < 1.29 is 24.5 Å². The fourth-order valence-electron chi connectivity index (χ4n) is 4.26. The molecule has 0 aliphatic heterocycles. The summed E-state index contributed by atoms with van der Waals surface area (Å²) in [7, 11) is 1.47. The van der Waals surface area contributed by atoms with E-state index in [9.17, 15) is 19.8 Å². The molecule has 8 nitrogen and oxygen atoms in total. The first-order chi connectivity index (χ1) is 17.3. The van der Waals surface area contributed by atoms with E-state index < -0.39 is 18.1 Å². The van der Waals surface area contributed by atoms with E-state index in [1.807, 2.05) is 30.3 Å². The number of amides is 2. The number of hydrogen-bond acceptors (Lipinski definition) is 5. The van der Waals surface area contributed by atoms with Crippen molar-refractivity contribution in [2.45, 2.75) is 31.4 Å². The van der Waals surface area contributed by atoms with Crippen molar-refractivity contribution in [1.82, 2.24) is 10.6 Å². The van der Waals surface area contributed by atoms with E-state index in [-0.39, 0.29) is 11.6 Å². The molecule has 0 radical (unpaired) electrons. The molecular formula is C27H28ClN3O5. The van der Waals surface area contributed by atoms with Crippen molar-refractivity contribution in [1.29, 1.82) is 0 Å². The molecule has 0 saturated carbocycles. The van der Waals surface area contributed by atoms with Gasteiger partial charge in [0, 0.05) is 36.4 Å². The summed E-state index contributed by atoms with van der Waals surface area (Å²) in [6, 6.07) is 17.1. The van der Waals surface area contributed by atoms with Crippen LogP contribution in [-0.2, 0) is 12.8 Å². The second kappa shape index (κ2) is 11.4. The molecule has 9 heteroatoms. The first-order valence-electron chi connectivity index (χ1n) is 11.6. The summed E-state index contributed by atoms with van der Waals surface area (Å²) in [4.78, 5) is 23.2. The van der Waals surface area contributed by atoms with Gasteiger partial charge in [0.05, 0.1) is 11.7 Å². The molecule has 2 amide bonds. The molecule has 0 saturated heterocycles. The third kappa shape index (κ3) is 6.54. The summed E-state index contributed by atoms with van der Waals surface area (Å²) < 4.78 is 5.99. The average molecular weight is 510 g/mol. The number of carboxylic acids is 1. The van der Waals surface area contributed by atoms with E-state index in [1.165, 1.54) is 24.7 Å². The minimum Gasteiger partial charge on any atom is -0.478 e. The van der Waals surface area contributed by atoms with Gasteiger partial charge >= 0.3 is 12.0 Å². The van der Waals surface area contributed by atoms with Crippen LogP contribution in [0.25, 0.3) is 0 Å². The summed E-state index contributed by atoms with van der Waals surface area (Å²) in [6.07, 6.45) is 1.96. The average Bonchev–Trinajstić information content (AvgIpc) is 2.86. The van der Waals surface area contributed by atoms with E-state index >= 15 is 0 Å². The molecule has 0 spiro atoms. The van der Waals surface area contributed by atoms with Crippen LogP contribution in [0.4, 0.5) is 10.5 Å². The van der Waals surface area contributed by atoms with E-state index in [0.717, 1.165) is 30.4 Å². The number of aryl methyl sites for hydroxylation is 1. The lowest BCUT2D eigenvalue weighted by Crippen LogP contribution is -2.37. The zero-order valence-corrected chi connectivity index (χ0v) is 20.5. The van der Waals surface area contributed by atoms with Crippen LogP contribution >= 0.6 is 11.6 Å². The van der Waals surface area contributed by atoms with Crippen LogP contribution in [0.3, 0.4) is 0 Å². The Hall–Kier alpha value is -3.59. The van der Waals surface area contributed by atoms with Crippen LogP contribution in [-0.4, -0.2) is 41.8 Å². The molecule has 0 heterocycles. The molecule has 188 valence electrons. The molecule has 0 unspecified atom stereocenters. The van der Waals surface area contributed by atoms with Crippen LogP contribution in [0.1, 0.15) is 39.6 Å². The molecular weight excluding hydrogens is 482 g/mol. The lowest BCUT2D eigenvalue weighted by atomic mass is 9.88.